The summed E-state index contributed by atoms with van der Waals surface area (Å²) in [6.45, 7) is 2.62. The summed E-state index contributed by atoms with van der Waals surface area (Å²) >= 11 is 0. The zero-order valence-corrected chi connectivity index (χ0v) is 6.70. The van der Waals surface area contributed by atoms with E-state index in [0.717, 1.165) is 0 Å². The SMILES string of the molecule is CCNc1nc(N)cc(C#N)n1. The smallest absolute Gasteiger partial charge is 0.225 e. The molecule has 0 aliphatic carbocycles. The summed E-state index contributed by atoms with van der Waals surface area (Å²) < 4.78 is 0. The lowest BCUT2D eigenvalue weighted by Crippen LogP contribution is -2.05. The highest BCUT2D eigenvalue weighted by atomic mass is 15.1. The second-order valence-corrected chi connectivity index (χ2v) is 2.14. The van der Waals surface area contributed by atoms with E-state index >= 15 is 0 Å². The summed E-state index contributed by atoms with van der Waals surface area (Å²) in [5.74, 6) is 0.701. The minimum Gasteiger partial charge on any atom is -0.383 e. The molecule has 0 fully saturated rings. The number of nitriles is 1. The van der Waals surface area contributed by atoms with Gasteiger partial charge >= 0.3 is 0 Å². The van der Waals surface area contributed by atoms with Gasteiger partial charge in [0, 0.05) is 12.6 Å². The highest BCUT2D eigenvalue weighted by Crippen LogP contribution is 2.04. The van der Waals surface area contributed by atoms with Crippen molar-refractivity contribution in [1.82, 2.24) is 9.97 Å². The van der Waals surface area contributed by atoms with Crippen LogP contribution in [0.1, 0.15) is 12.6 Å². The van der Waals surface area contributed by atoms with Crippen molar-refractivity contribution in [1.29, 1.82) is 5.26 Å². The lowest BCUT2D eigenvalue weighted by atomic mass is 10.4. The summed E-state index contributed by atoms with van der Waals surface area (Å²) in [6.07, 6.45) is 0. The molecule has 0 aliphatic heterocycles. The summed E-state index contributed by atoms with van der Waals surface area (Å²) in [5, 5.41) is 11.4. The first kappa shape index (κ1) is 8.27. The monoisotopic (exact) mass is 163 g/mol. The van der Waals surface area contributed by atoms with Crippen LogP contribution in [0, 0.1) is 11.3 Å². The molecule has 62 valence electrons. The number of rotatable bonds is 2. The van der Waals surface area contributed by atoms with E-state index in [1.807, 2.05) is 13.0 Å². The van der Waals surface area contributed by atoms with Crippen molar-refractivity contribution in [3.05, 3.63) is 11.8 Å². The average molecular weight is 163 g/mol. The molecule has 12 heavy (non-hydrogen) atoms. The van der Waals surface area contributed by atoms with E-state index in [1.54, 1.807) is 0 Å². The van der Waals surface area contributed by atoms with Gasteiger partial charge in [-0.05, 0) is 6.92 Å². The molecule has 0 aromatic carbocycles. The predicted octanol–water partition coefficient (Wildman–Crippen LogP) is 0.362. The fourth-order valence-electron chi connectivity index (χ4n) is 0.760. The number of aromatic nitrogens is 2. The largest absolute Gasteiger partial charge is 0.383 e. The van der Waals surface area contributed by atoms with Crippen molar-refractivity contribution in [2.75, 3.05) is 17.6 Å². The van der Waals surface area contributed by atoms with Crippen LogP contribution in [0.5, 0.6) is 0 Å². The Labute approximate surface area is 70.2 Å². The maximum absolute atomic E-state index is 8.53. The van der Waals surface area contributed by atoms with E-state index in [-0.39, 0.29) is 5.69 Å². The van der Waals surface area contributed by atoms with Crippen LogP contribution in [-0.4, -0.2) is 16.5 Å². The molecule has 5 nitrogen and oxygen atoms in total. The van der Waals surface area contributed by atoms with Gasteiger partial charge in [-0.1, -0.05) is 0 Å². The number of nitrogens with one attached hydrogen (secondary N) is 1. The summed E-state index contributed by atoms with van der Waals surface area (Å²) in [7, 11) is 0. The molecule has 0 saturated carbocycles. The lowest BCUT2D eigenvalue weighted by molar-refractivity contribution is 1.08. The summed E-state index contributed by atoms with van der Waals surface area (Å²) in [4.78, 5) is 7.75. The molecule has 5 heteroatoms. The van der Waals surface area contributed by atoms with E-state index in [2.05, 4.69) is 15.3 Å². The molecule has 0 spiro atoms. The van der Waals surface area contributed by atoms with Crippen LogP contribution in [0.15, 0.2) is 6.07 Å². The Kier molecular flexibility index (Phi) is 2.43. The first-order chi connectivity index (χ1) is 5.76. The summed E-state index contributed by atoms with van der Waals surface area (Å²) in [6, 6.07) is 3.33. The molecule has 1 rings (SSSR count). The Hall–Kier alpha value is -1.83. The van der Waals surface area contributed by atoms with Crippen molar-refractivity contribution >= 4 is 11.8 Å². The minimum atomic E-state index is 0.276. The van der Waals surface area contributed by atoms with Gasteiger partial charge < -0.3 is 11.1 Å². The molecule has 0 amide bonds. The first-order valence-electron chi connectivity index (χ1n) is 3.54. The van der Waals surface area contributed by atoms with Crippen molar-refractivity contribution < 1.29 is 0 Å². The molecule has 1 aromatic heterocycles. The molecule has 0 radical (unpaired) electrons. The Morgan fingerprint density at radius 3 is 3.00 bits per heavy atom. The molecule has 0 saturated heterocycles. The highest BCUT2D eigenvalue weighted by molar-refractivity contribution is 5.42. The standard InChI is InChI=1S/C7H9N5/c1-2-10-7-11-5(4-8)3-6(9)12-7/h3H,2H2,1H3,(H3,9,10,11,12). The quantitative estimate of drug-likeness (QED) is 0.657. The van der Waals surface area contributed by atoms with Gasteiger partial charge in [-0.25, -0.2) is 4.98 Å². The molecule has 1 heterocycles. The first-order valence-corrected chi connectivity index (χ1v) is 3.54. The normalized spacial score (nSPS) is 9.00. The predicted molar refractivity (Wildman–Crippen MR) is 45.3 cm³/mol. The molecule has 0 atom stereocenters. The van der Waals surface area contributed by atoms with Gasteiger partial charge in [-0.2, -0.15) is 10.2 Å². The Bertz CT molecular complexity index is 314. The van der Waals surface area contributed by atoms with Gasteiger partial charge in [0.05, 0.1) is 0 Å². The van der Waals surface area contributed by atoms with Gasteiger partial charge in [-0.15, -0.1) is 0 Å². The average Bonchev–Trinajstić information content (AvgIpc) is 2.04. The van der Waals surface area contributed by atoms with Gasteiger partial charge in [0.15, 0.2) is 0 Å². The molecular weight excluding hydrogens is 154 g/mol. The Morgan fingerprint density at radius 2 is 2.42 bits per heavy atom. The number of nitrogens with zero attached hydrogens (tertiary/aromatic N) is 3. The molecule has 0 aliphatic rings. The van der Waals surface area contributed by atoms with Crippen molar-refractivity contribution in [2.45, 2.75) is 6.92 Å². The fourth-order valence-corrected chi connectivity index (χ4v) is 0.760. The van der Waals surface area contributed by atoms with Gasteiger partial charge in [0.1, 0.15) is 17.6 Å². The molecular formula is C7H9N5. The van der Waals surface area contributed by atoms with Crippen molar-refractivity contribution in [3.8, 4) is 6.07 Å². The van der Waals surface area contributed by atoms with Crippen LogP contribution in [-0.2, 0) is 0 Å². The van der Waals surface area contributed by atoms with Gasteiger partial charge in [0.25, 0.3) is 0 Å². The number of hydrogen-bond acceptors (Lipinski definition) is 5. The van der Waals surface area contributed by atoms with Crippen LogP contribution in [0.2, 0.25) is 0 Å². The van der Waals surface area contributed by atoms with E-state index in [0.29, 0.717) is 18.3 Å². The van der Waals surface area contributed by atoms with Crippen LogP contribution in [0.25, 0.3) is 0 Å². The molecule has 3 N–H and O–H groups in total. The van der Waals surface area contributed by atoms with Crippen LogP contribution >= 0.6 is 0 Å². The van der Waals surface area contributed by atoms with Crippen molar-refractivity contribution in [3.63, 3.8) is 0 Å². The Morgan fingerprint density at radius 1 is 1.67 bits per heavy atom. The van der Waals surface area contributed by atoms with Gasteiger partial charge in [-0.3, -0.25) is 0 Å². The van der Waals surface area contributed by atoms with E-state index in [4.69, 9.17) is 11.0 Å². The lowest BCUT2D eigenvalue weighted by Gasteiger charge is -2.01. The third-order valence-corrected chi connectivity index (χ3v) is 1.20. The second-order valence-electron chi connectivity index (χ2n) is 2.14. The van der Waals surface area contributed by atoms with Crippen LogP contribution in [0.3, 0.4) is 0 Å². The maximum atomic E-state index is 8.53. The number of nitrogens with two attached hydrogens (primary N) is 1. The third kappa shape index (κ3) is 1.83. The minimum absolute atomic E-state index is 0.276. The maximum Gasteiger partial charge on any atom is 0.225 e. The number of hydrogen-bond donors (Lipinski definition) is 2. The summed E-state index contributed by atoms with van der Waals surface area (Å²) in [5.41, 5.74) is 5.70. The van der Waals surface area contributed by atoms with E-state index in [9.17, 15) is 0 Å². The van der Waals surface area contributed by atoms with E-state index in [1.165, 1.54) is 6.07 Å². The van der Waals surface area contributed by atoms with Crippen LogP contribution in [0.4, 0.5) is 11.8 Å². The molecule has 0 unspecified atom stereocenters. The molecule has 1 aromatic rings. The highest BCUT2D eigenvalue weighted by Gasteiger charge is 1.99. The third-order valence-electron chi connectivity index (χ3n) is 1.20. The zero-order chi connectivity index (χ0) is 8.97. The molecule has 0 bridgehead atoms. The van der Waals surface area contributed by atoms with E-state index < -0.39 is 0 Å². The Balaban J connectivity index is 3.00. The second kappa shape index (κ2) is 3.53. The zero-order valence-electron chi connectivity index (χ0n) is 6.70. The number of nitrogen functional groups attached to an aromatic ring is 1. The van der Waals surface area contributed by atoms with Gasteiger partial charge in [0.2, 0.25) is 5.95 Å². The topological polar surface area (TPSA) is 87.6 Å². The fraction of sp³-hybridized carbons (Fsp3) is 0.286. The van der Waals surface area contributed by atoms with Crippen LogP contribution < -0.4 is 11.1 Å². The number of anilines is 2. The van der Waals surface area contributed by atoms with Crippen molar-refractivity contribution in [2.24, 2.45) is 0 Å².